The van der Waals surface area contributed by atoms with Crippen molar-refractivity contribution in [1.82, 2.24) is 10.6 Å². The fourth-order valence-corrected chi connectivity index (χ4v) is 2.74. The first kappa shape index (κ1) is 15.8. The summed E-state index contributed by atoms with van der Waals surface area (Å²) in [4.78, 5) is 12.1. The van der Waals surface area contributed by atoms with Crippen LogP contribution in [0.5, 0.6) is 0 Å². The molecule has 0 aliphatic heterocycles. The minimum absolute atomic E-state index is 0.181. The maximum absolute atomic E-state index is 12.8. The highest BCUT2D eigenvalue weighted by Crippen LogP contribution is 2.45. The van der Waals surface area contributed by atoms with Crippen LogP contribution >= 0.6 is 11.6 Å². The normalized spacial score (nSPS) is 15.0. The molecule has 5 heteroatoms. The van der Waals surface area contributed by atoms with E-state index in [2.05, 4.69) is 10.6 Å². The molecule has 0 radical (unpaired) electrons. The van der Waals surface area contributed by atoms with Crippen LogP contribution in [-0.2, 0) is 12.0 Å². The third kappa shape index (κ3) is 4.02. The molecule has 1 saturated carbocycles. The van der Waals surface area contributed by atoms with Crippen molar-refractivity contribution in [2.45, 2.75) is 24.8 Å². The largest absolute Gasteiger partial charge is 0.338 e. The first-order valence-corrected chi connectivity index (χ1v) is 8.02. The second-order valence-corrected chi connectivity index (χ2v) is 6.28. The average molecular weight is 333 g/mol. The van der Waals surface area contributed by atoms with E-state index in [1.54, 1.807) is 12.1 Å². The summed E-state index contributed by atoms with van der Waals surface area (Å²) < 4.78 is 12.8. The van der Waals surface area contributed by atoms with E-state index < -0.39 is 0 Å². The van der Waals surface area contributed by atoms with E-state index in [0.29, 0.717) is 18.0 Å². The van der Waals surface area contributed by atoms with Gasteiger partial charge in [-0.1, -0.05) is 35.9 Å². The van der Waals surface area contributed by atoms with Gasteiger partial charge >= 0.3 is 6.03 Å². The van der Waals surface area contributed by atoms with Gasteiger partial charge in [0, 0.05) is 11.6 Å². The summed E-state index contributed by atoms with van der Waals surface area (Å²) in [5.74, 6) is -0.252. The van der Waals surface area contributed by atoms with Crippen molar-refractivity contribution in [3.8, 4) is 0 Å². The molecule has 0 atom stereocenters. The van der Waals surface area contributed by atoms with Crippen LogP contribution < -0.4 is 10.6 Å². The van der Waals surface area contributed by atoms with Crippen LogP contribution in [-0.4, -0.2) is 12.6 Å². The Morgan fingerprint density at radius 3 is 2.35 bits per heavy atom. The Morgan fingerprint density at radius 2 is 1.74 bits per heavy atom. The van der Waals surface area contributed by atoms with Crippen LogP contribution in [0.4, 0.5) is 9.18 Å². The number of benzene rings is 2. The van der Waals surface area contributed by atoms with Gasteiger partial charge in [0.2, 0.25) is 0 Å². The number of amides is 2. The predicted octanol–water partition coefficient (Wildman–Crippen LogP) is 4.01. The lowest BCUT2D eigenvalue weighted by molar-refractivity contribution is 0.236. The molecule has 0 unspecified atom stereocenters. The molecule has 3 rings (SSSR count). The molecule has 2 aromatic carbocycles. The molecule has 2 aromatic rings. The molecule has 2 N–H and O–H groups in total. The van der Waals surface area contributed by atoms with Gasteiger partial charge in [-0.2, -0.15) is 0 Å². The van der Waals surface area contributed by atoms with E-state index in [1.165, 1.54) is 12.1 Å². The summed E-state index contributed by atoms with van der Waals surface area (Å²) in [7, 11) is 0. The van der Waals surface area contributed by atoms with Gasteiger partial charge in [-0.3, -0.25) is 0 Å². The maximum Gasteiger partial charge on any atom is 0.315 e. The third-order valence-electron chi connectivity index (χ3n) is 4.11. The topological polar surface area (TPSA) is 41.1 Å². The minimum Gasteiger partial charge on any atom is -0.338 e. The lowest BCUT2D eigenvalue weighted by Crippen LogP contribution is -2.42. The molecule has 1 aliphatic carbocycles. The zero-order valence-electron chi connectivity index (χ0n) is 12.6. The standard InChI is InChI=1S/C18H18ClFN2O/c19-15-5-3-14(4-6-15)18(10-11-18)22-17(23)21-12-9-13-1-7-16(20)8-2-13/h1-8H,9-12H2,(H2,21,22,23). The minimum atomic E-state index is -0.259. The highest BCUT2D eigenvalue weighted by molar-refractivity contribution is 6.30. The van der Waals surface area contributed by atoms with E-state index >= 15 is 0 Å². The third-order valence-corrected chi connectivity index (χ3v) is 4.36. The van der Waals surface area contributed by atoms with Crippen molar-refractivity contribution in [3.05, 3.63) is 70.5 Å². The Kier molecular flexibility index (Phi) is 4.53. The number of carbonyl (C=O) groups is 1. The smallest absolute Gasteiger partial charge is 0.315 e. The molecule has 0 bridgehead atoms. The van der Waals surface area contributed by atoms with E-state index in [0.717, 1.165) is 24.0 Å². The SMILES string of the molecule is O=C(NCCc1ccc(F)cc1)NC1(c2ccc(Cl)cc2)CC1. The molecule has 0 saturated heterocycles. The lowest BCUT2D eigenvalue weighted by atomic mass is 10.1. The first-order valence-electron chi connectivity index (χ1n) is 7.64. The van der Waals surface area contributed by atoms with Gasteiger partial charge in [-0.25, -0.2) is 9.18 Å². The van der Waals surface area contributed by atoms with Crippen LogP contribution in [0.2, 0.25) is 5.02 Å². The Morgan fingerprint density at radius 1 is 1.09 bits per heavy atom. The van der Waals surface area contributed by atoms with Gasteiger partial charge < -0.3 is 10.6 Å². The molecule has 23 heavy (non-hydrogen) atoms. The van der Waals surface area contributed by atoms with E-state index in [-0.39, 0.29) is 17.4 Å². The Labute approximate surface area is 139 Å². The molecule has 1 aliphatic rings. The fraction of sp³-hybridized carbons (Fsp3) is 0.278. The zero-order valence-corrected chi connectivity index (χ0v) is 13.4. The molecule has 1 fully saturated rings. The van der Waals surface area contributed by atoms with Gasteiger partial charge in [0.05, 0.1) is 5.54 Å². The summed E-state index contributed by atoms with van der Waals surface area (Å²) >= 11 is 5.90. The number of hydrogen-bond acceptors (Lipinski definition) is 1. The van der Waals surface area contributed by atoms with Crippen LogP contribution in [0, 0.1) is 5.82 Å². The van der Waals surface area contributed by atoms with E-state index in [9.17, 15) is 9.18 Å². The molecular formula is C18H18ClFN2O. The van der Waals surface area contributed by atoms with Crippen LogP contribution in [0.3, 0.4) is 0 Å². The summed E-state index contributed by atoms with van der Waals surface area (Å²) in [6.45, 7) is 0.508. The molecule has 0 aromatic heterocycles. The molecule has 0 heterocycles. The average Bonchev–Trinajstić information content (AvgIpc) is 3.30. The molecule has 3 nitrogen and oxygen atoms in total. The summed E-state index contributed by atoms with van der Waals surface area (Å²) in [6, 6.07) is 13.7. The second kappa shape index (κ2) is 6.59. The maximum atomic E-state index is 12.8. The van der Waals surface area contributed by atoms with Crippen molar-refractivity contribution in [2.24, 2.45) is 0 Å². The number of carbonyl (C=O) groups excluding carboxylic acids is 1. The highest BCUT2D eigenvalue weighted by Gasteiger charge is 2.45. The van der Waals surface area contributed by atoms with Gasteiger partial charge in [-0.15, -0.1) is 0 Å². The summed E-state index contributed by atoms with van der Waals surface area (Å²) in [5, 5.41) is 6.59. The molecule has 120 valence electrons. The lowest BCUT2D eigenvalue weighted by Gasteiger charge is -2.18. The van der Waals surface area contributed by atoms with Crippen molar-refractivity contribution in [2.75, 3.05) is 6.54 Å². The van der Waals surface area contributed by atoms with E-state index in [1.807, 2.05) is 24.3 Å². The number of nitrogens with one attached hydrogen (secondary N) is 2. The van der Waals surface area contributed by atoms with Crippen molar-refractivity contribution < 1.29 is 9.18 Å². The van der Waals surface area contributed by atoms with Crippen molar-refractivity contribution in [1.29, 1.82) is 0 Å². The Balaban J connectivity index is 1.49. The first-order chi connectivity index (χ1) is 11.1. The van der Waals surface area contributed by atoms with Gasteiger partial charge in [-0.05, 0) is 54.7 Å². The number of halogens is 2. The highest BCUT2D eigenvalue weighted by atomic mass is 35.5. The number of rotatable bonds is 5. The van der Waals surface area contributed by atoms with Crippen molar-refractivity contribution in [3.63, 3.8) is 0 Å². The van der Waals surface area contributed by atoms with Gasteiger partial charge in [0.15, 0.2) is 0 Å². The van der Waals surface area contributed by atoms with Gasteiger partial charge in [0.1, 0.15) is 5.82 Å². The molecule has 0 spiro atoms. The van der Waals surface area contributed by atoms with Gasteiger partial charge in [0.25, 0.3) is 0 Å². The zero-order chi connectivity index (χ0) is 16.3. The molecule has 2 amide bonds. The Bertz CT molecular complexity index is 681. The van der Waals surface area contributed by atoms with E-state index in [4.69, 9.17) is 11.6 Å². The Hall–Kier alpha value is -2.07. The number of hydrogen-bond donors (Lipinski definition) is 2. The monoisotopic (exact) mass is 332 g/mol. The predicted molar refractivity (Wildman–Crippen MR) is 89.0 cm³/mol. The molecular weight excluding hydrogens is 315 g/mol. The van der Waals surface area contributed by atoms with Crippen molar-refractivity contribution >= 4 is 17.6 Å². The fourth-order valence-electron chi connectivity index (χ4n) is 2.61. The quantitative estimate of drug-likeness (QED) is 0.853. The summed E-state index contributed by atoms with van der Waals surface area (Å²) in [6.07, 6.45) is 2.53. The second-order valence-electron chi connectivity index (χ2n) is 5.85. The van der Waals surface area contributed by atoms with Crippen LogP contribution in [0.1, 0.15) is 24.0 Å². The van der Waals surface area contributed by atoms with Crippen LogP contribution in [0.15, 0.2) is 48.5 Å². The van der Waals surface area contributed by atoms with Crippen LogP contribution in [0.25, 0.3) is 0 Å². The number of urea groups is 1. The summed E-state index contributed by atoms with van der Waals surface area (Å²) in [5.41, 5.74) is 1.81.